The van der Waals surface area contributed by atoms with E-state index in [2.05, 4.69) is 15.0 Å². The van der Waals surface area contributed by atoms with Gasteiger partial charge >= 0.3 is 6.18 Å². The quantitative estimate of drug-likeness (QED) is 0.915. The standard InChI is InChI=1S/C16H16F3N3O/c17-16(18,19)12-9-21-14(22-10-12)11-4-5-13(20-8-11)15(23)6-2-1-3-7-15/h4-5,8-10,23H,1-3,6-7H2. The fraction of sp³-hybridized carbons (Fsp3) is 0.438. The van der Waals surface area contributed by atoms with Gasteiger partial charge in [-0.3, -0.25) is 4.98 Å². The van der Waals surface area contributed by atoms with E-state index < -0.39 is 17.3 Å². The first-order valence-corrected chi connectivity index (χ1v) is 7.47. The van der Waals surface area contributed by atoms with Crippen LogP contribution in [0.3, 0.4) is 0 Å². The second-order valence-corrected chi connectivity index (χ2v) is 5.82. The lowest BCUT2D eigenvalue weighted by Gasteiger charge is -2.31. The van der Waals surface area contributed by atoms with Gasteiger partial charge in [-0.25, -0.2) is 9.97 Å². The summed E-state index contributed by atoms with van der Waals surface area (Å²) in [6, 6.07) is 3.37. The molecule has 2 aromatic heterocycles. The molecule has 23 heavy (non-hydrogen) atoms. The van der Waals surface area contributed by atoms with Crippen LogP contribution in [0.25, 0.3) is 11.4 Å². The molecule has 0 radical (unpaired) electrons. The molecule has 0 unspecified atom stereocenters. The van der Waals surface area contributed by atoms with Gasteiger partial charge in [-0.05, 0) is 25.0 Å². The van der Waals surface area contributed by atoms with Crippen LogP contribution in [0.1, 0.15) is 43.4 Å². The van der Waals surface area contributed by atoms with Crippen LogP contribution in [0.2, 0.25) is 0 Å². The summed E-state index contributed by atoms with van der Waals surface area (Å²) in [5.41, 5.74) is -0.685. The van der Waals surface area contributed by atoms with E-state index >= 15 is 0 Å². The monoisotopic (exact) mass is 323 g/mol. The van der Waals surface area contributed by atoms with Gasteiger partial charge in [0.15, 0.2) is 5.82 Å². The largest absolute Gasteiger partial charge is 0.419 e. The third-order valence-electron chi connectivity index (χ3n) is 4.16. The molecule has 0 spiro atoms. The van der Waals surface area contributed by atoms with Gasteiger partial charge in [0.25, 0.3) is 0 Å². The van der Waals surface area contributed by atoms with Crippen molar-refractivity contribution in [2.45, 2.75) is 43.9 Å². The Morgan fingerprint density at radius 2 is 1.57 bits per heavy atom. The molecule has 0 bridgehead atoms. The molecular weight excluding hydrogens is 307 g/mol. The van der Waals surface area contributed by atoms with E-state index in [-0.39, 0.29) is 5.82 Å². The Morgan fingerprint density at radius 3 is 2.09 bits per heavy atom. The molecule has 0 atom stereocenters. The average Bonchev–Trinajstić information content (AvgIpc) is 2.55. The van der Waals surface area contributed by atoms with Gasteiger partial charge in [0.05, 0.1) is 11.3 Å². The summed E-state index contributed by atoms with van der Waals surface area (Å²) in [7, 11) is 0. The molecular formula is C16H16F3N3O. The van der Waals surface area contributed by atoms with E-state index in [1.807, 2.05) is 0 Å². The predicted octanol–water partition coefficient (Wildman–Crippen LogP) is 3.71. The number of rotatable bonds is 2. The van der Waals surface area contributed by atoms with E-state index in [0.29, 0.717) is 24.1 Å². The first-order chi connectivity index (χ1) is 10.9. The van der Waals surface area contributed by atoms with Gasteiger partial charge in [0.2, 0.25) is 0 Å². The van der Waals surface area contributed by atoms with Crippen molar-refractivity contribution >= 4 is 0 Å². The molecule has 1 aliphatic rings. The van der Waals surface area contributed by atoms with Crippen molar-refractivity contribution in [3.8, 4) is 11.4 Å². The van der Waals surface area contributed by atoms with E-state index in [1.54, 1.807) is 12.1 Å². The molecule has 4 nitrogen and oxygen atoms in total. The maximum Gasteiger partial charge on any atom is 0.419 e. The minimum atomic E-state index is -4.45. The molecule has 1 N–H and O–H groups in total. The van der Waals surface area contributed by atoms with E-state index in [4.69, 9.17) is 0 Å². The number of nitrogens with zero attached hydrogens (tertiary/aromatic N) is 3. The lowest BCUT2D eigenvalue weighted by Crippen LogP contribution is -2.29. The Morgan fingerprint density at radius 1 is 0.913 bits per heavy atom. The van der Waals surface area contributed by atoms with Gasteiger partial charge < -0.3 is 5.11 Å². The average molecular weight is 323 g/mol. The van der Waals surface area contributed by atoms with E-state index in [1.165, 1.54) is 6.20 Å². The fourth-order valence-corrected chi connectivity index (χ4v) is 2.82. The predicted molar refractivity (Wildman–Crippen MR) is 77.2 cm³/mol. The van der Waals surface area contributed by atoms with Crippen molar-refractivity contribution in [2.24, 2.45) is 0 Å². The molecule has 0 amide bonds. The first kappa shape index (κ1) is 15.9. The lowest BCUT2D eigenvalue weighted by molar-refractivity contribution is -0.138. The highest BCUT2D eigenvalue weighted by molar-refractivity contribution is 5.53. The third-order valence-corrected chi connectivity index (χ3v) is 4.16. The van der Waals surface area contributed by atoms with E-state index in [9.17, 15) is 18.3 Å². The number of hydrogen-bond donors (Lipinski definition) is 1. The van der Waals surface area contributed by atoms with Crippen LogP contribution in [-0.4, -0.2) is 20.1 Å². The maximum absolute atomic E-state index is 12.5. The molecule has 1 fully saturated rings. The van der Waals surface area contributed by atoms with Gasteiger partial charge in [-0.15, -0.1) is 0 Å². The van der Waals surface area contributed by atoms with Crippen LogP contribution in [0.5, 0.6) is 0 Å². The zero-order valence-electron chi connectivity index (χ0n) is 12.3. The maximum atomic E-state index is 12.5. The van der Waals surface area contributed by atoms with Gasteiger partial charge in [0, 0.05) is 24.2 Å². The second kappa shape index (κ2) is 5.88. The number of halogens is 3. The SMILES string of the molecule is OC1(c2ccc(-c3ncc(C(F)(F)F)cn3)cn2)CCCCC1. The van der Waals surface area contributed by atoms with Crippen molar-refractivity contribution in [2.75, 3.05) is 0 Å². The van der Waals surface area contributed by atoms with Gasteiger partial charge in [-0.1, -0.05) is 19.3 Å². The Labute approximate surface area is 131 Å². The smallest absolute Gasteiger partial charge is 0.384 e. The van der Waals surface area contributed by atoms with Crippen molar-refractivity contribution in [3.05, 3.63) is 42.0 Å². The summed E-state index contributed by atoms with van der Waals surface area (Å²) < 4.78 is 37.5. The first-order valence-electron chi connectivity index (χ1n) is 7.47. The molecule has 1 aliphatic carbocycles. The second-order valence-electron chi connectivity index (χ2n) is 5.82. The molecule has 0 saturated heterocycles. The van der Waals surface area contributed by atoms with Crippen molar-refractivity contribution < 1.29 is 18.3 Å². The third kappa shape index (κ3) is 3.34. The van der Waals surface area contributed by atoms with Crippen molar-refractivity contribution in [3.63, 3.8) is 0 Å². The highest BCUT2D eigenvalue weighted by atomic mass is 19.4. The van der Waals surface area contributed by atoms with E-state index in [0.717, 1.165) is 31.7 Å². The number of aromatic nitrogens is 3. The summed E-state index contributed by atoms with van der Waals surface area (Å²) in [6.07, 6.45) is 2.93. The van der Waals surface area contributed by atoms with Gasteiger partial charge in [0.1, 0.15) is 5.60 Å². The zero-order valence-corrected chi connectivity index (χ0v) is 12.3. The number of alkyl halides is 3. The Balaban J connectivity index is 1.82. The van der Waals surface area contributed by atoms with Crippen LogP contribution in [0.4, 0.5) is 13.2 Å². The molecule has 2 aromatic rings. The van der Waals surface area contributed by atoms with Crippen LogP contribution in [0.15, 0.2) is 30.7 Å². The molecule has 0 aromatic carbocycles. The molecule has 0 aliphatic heterocycles. The fourth-order valence-electron chi connectivity index (χ4n) is 2.82. The number of hydrogen-bond acceptors (Lipinski definition) is 4. The molecule has 3 rings (SSSR count). The Hall–Kier alpha value is -2.02. The van der Waals surface area contributed by atoms with Crippen molar-refractivity contribution in [1.82, 2.24) is 15.0 Å². The normalized spacial score (nSPS) is 17.9. The molecule has 122 valence electrons. The Bertz CT molecular complexity index is 662. The van der Waals surface area contributed by atoms with Gasteiger partial charge in [-0.2, -0.15) is 13.2 Å². The Kier molecular flexibility index (Phi) is 4.06. The van der Waals surface area contributed by atoms with Crippen LogP contribution < -0.4 is 0 Å². The number of pyridine rings is 1. The summed E-state index contributed by atoms with van der Waals surface area (Å²) in [6.45, 7) is 0. The molecule has 2 heterocycles. The highest BCUT2D eigenvalue weighted by Gasteiger charge is 2.33. The topological polar surface area (TPSA) is 58.9 Å². The number of aliphatic hydroxyl groups is 1. The summed E-state index contributed by atoms with van der Waals surface area (Å²) in [4.78, 5) is 11.8. The molecule has 7 heteroatoms. The zero-order chi connectivity index (χ0) is 16.5. The van der Waals surface area contributed by atoms with Crippen LogP contribution >= 0.6 is 0 Å². The summed E-state index contributed by atoms with van der Waals surface area (Å²) in [5.74, 6) is 0.174. The minimum Gasteiger partial charge on any atom is -0.384 e. The van der Waals surface area contributed by atoms with Crippen LogP contribution in [0, 0.1) is 0 Å². The molecule has 1 saturated carbocycles. The van der Waals surface area contributed by atoms with Crippen LogP contribution in [-0.2, 0) is 11.8 Å². The summed E-state index contributed by atoms with van der Waals surface area (Å²) >= 11 is 0. The lowest BCUT2D eigenvalue weighted by atomic mass is 9.82. The highest BCUT2D eigenvalue weighted by Crippen LogP contribution is 2.36. The summed E-state index contributed by atoms with van der Waals surface area (Å²) in [5, 5.41) is 10.6. The van der Waals surface area contributed by atoms with Crippen molar-refractivity contribution in [1.29, 1.82) is 0 Å². The minimum absolute atomic E-state index is 0.174.